The lowest BCUT2D eigenvalue weighted by atomic mass is 9.75. The van der Waals surface area contributed by atoms with Gasteiger partial charge in [0.15, 0.2) is 6.29 Å². The van der Waals surface area contributed by atoms with Crippen LogP contribution in [0.25, 0.3) is 0 Å². The highest BCUT2D eigenvalue weighted by molar-refractivity contribution is 5.86. The zero-order valence-electron chi connectivity index (χ0n) is 12.4. The number of rotatable bonds is 6. The monoisotopic (exact) mass is 281 g/mol. The molecule has 0 bridgehead atoms. The molecule has 0 spiro atoms. The van der Waals surface area contributed by atoms with Crippen molar-refractivity contribution in [2.45, 2.75) is 57.7 Å². The van der Waals surface area contributed by atoms with Gasteiger partial charge < -0.3 is 14.8 Å². The minimum atomic E-state index is -0.0896. The topological polar surface area (TPSA) is 47.6 Å². The summed E-state index contributed by atoms with van der Waals surface area (Å²) in [5.41, 5.74) is 0.159. The van der Waals surface area contributed by atoms with Crippen LogP contribution in [0.3, 0.4) is 0 Å². The molecule has 0 aromatic rings. The molecule has 1 N–H and O–H groups in total. The molecule has 4 nitrogen and oxygen atoms in total. The molecule has 0 aromatic carbocycles. The largest absolute Gasteiger partial charge is 0.353 e. The Hall–Kier alpha value is -0.870. The van der Waals surface area contributed by atoms with E-state index in [1.54, 1.807) is 0 Å². The van der Waals surface area contributed by atoms with Gasteiger partial charge in [-0.15, -0.1) is 0 Å². The van der Waals surface area contributed by atoms with Gasteiger partial charge in [0, 0.05) is 12.0 Å². The predicted molar refractivity (Wildman–Crippen MR) is 78.3 cm³/mol. The number of carbonyl (C=O) groups is 1. The Morgan fingerprint density at radius 3 is 2.45 bits per heavy atom. The maximum Gasteiger partial charge on any atom is 0.243 e. The number of hydrogen-bond donors (Lipinski definition) is 1. The van der Waals surface area contributed by atoms with Crippen molar-refractivity contribution >= 4 is 5.91 Å². The molecule has 4 heteroatoms. The fraction of sp³-hybridized carbons (Fsp3) is 0.812. The van der Waals surface area contributed by atoms with E-state index in [2.05, 4.69) is 11.9 Å². The van der Waals surface area contributed by atoms with E-state index >= 15 is 0 Å². The van der Waals surface area contributed by atoms with E-state index in [1.165, 1.54) is 44.6 Å². The SMILES string of the molecule is C=CC(=O)NCCCC1(C2OCCO2)CCCCCC1. The van der Waals surface area contributed by atoms with E-state index in [4.69, 9.17) is 9.47 Å². The highest BCUT2D eigenvalue weighted by Gasteiger charge is 2.41. The summed E-state index contributed by atoms with van der Waals surface area (Å²) in [4.78, 5) is 11.2. The molecule has 2 rings (SSSR count). The lowest BCUT2D eigenvalue weighted by molar-refractivity contribution is -0.143. The molecular weight excluding hydrogens is 254 g/mol. The quantitative estimate of drug-likeness (QED) is 0.462. The molecule has 0 radical (unpaired) electrons. The van der Waals surface area contributed by atoms with Crippen LogP contribution in [0.15, 0.2) is 12.7 Å². The van der Waals surface area contributed by atoms with E-state index in [0.717, 1.165) is 26.1 Å². The zero-order chi connectivity index (χ0) is 14.3. The van der Waals surface area contributed by atoms with Crippen LogP contribution in [0.4, 0.5) is 0 Å². The second-order valence-electron chi connectivity index (χ2n) is 5.95. The summed E-state index contributed by atoms with van der Waals surface area (Å²) in [6.45, 7) is 5.62. The van der Waals surface area contributed by atoms with Gasteiger partial charge in [-0.2, -0.15) is 0 Å². The molecule has 2 fully saturated rings. The molecule has 1 aliphatic carbocycles. The number of hydrogen-bond acceptors (Lipinski definition) is 3. The van der Waals surface area contributed by atoms with Crippen LogP contribution in [0, 0.1) is 5.41 Å². The first-order valence-electron chi connectivity index (χ1n) is 7.90. The Morgan fingerprint density at radius 1 is 1.20 bits per heavy atom. The molecule has 0 aromatic heterocycles. The highest BCUT2D eigenvalue weighted by Crippen LogP contribution is 2.44. The van der Waals surface area contributed by atoms with Crippen LogP contribution in [0.2, 0.25) is 0 Å². The Labute approximate surface area is 121 Å². The van der Waals surface area contributed by atoms with E-state index < -0.39 is 0 Å². The number of nitrogens with one attached hydrogen (secondary N) is 1. The first-order valence-corrected chi connectivity index (χ1v) is 7.90. The molecule has 0 atom stereocenters. The van der Waals surface area contributed by atoms with E-state index in [-0.39, 0.29) is 17.6 Å². The number of amides is 1. The summed E-state index contributed by atoms with van der Waals surface area (Å²) in [5, 5.41) is 2.86. The number of carbonyl (C=O) groups excluding carboxylic acids is 1. The summed E-state index contributed by atoms with van der Waals surface area (Å²) in [7, 11) is 0. The van der Waals surface area contributed by atoms with Crippen LogP contribution in [0.5, 0.6) is 0 Å². The minimum absolute atomic E-state index is 0.0318. The van der Waals surface area contributed by atoms with E-state index in [9.17, 15) is 4.79 Å². The predicted octanol–water partition coefficient (Wildman–Crippen LogP) is 2.78. The van der Waals surface area contributed by atoms with Crippen LogP contribution < -0.4 is 5.32 Å². The van der Waals surface area contributed by atoms with Crippen molar-refractivity contribution in [3.05, 3.63) is 12.7 Å². The summed E-state index contributed by atoms with van der Waals surface area (Å²) < 4.78 is 11.6. The first kappa shape index (κ1) is 15.5. The van der Waals surface area contributed by atoms with E-state index in [1.807, 2.05) is 0 Å². The van der Waals surface area contributed by atoms with Crippen molar-refractivity contribution in [2.24, 2.45) is 5.41 Å². The second-order valence-corrected chi connectivity index (χ2v) is 5.95. The van der Waals surface area contributed by atoms with Gasteiger partial charge in [-0.1, -0.05) is 32.3 Å². The maximum atomic E-state index is 11.2. The van der Waals surface area contributed by atoms with Crippen molar-refractivity contribution in [2.75, 3.05) is 19.8 Å². The van der Waals surface area contributed by atoms with Crippen LogP contribution in [0.1, 0.15) is 51.4 Å². The van der Waals surface area contributed by atoms with Crippen molar-refractivity contribution in [3.63, 3.8) is 0 Å². The summed E-state index contributed by atoms with van der Waals surface area (Å²) in [6.07, 6.45) is 10.9. The molecule has 2 aliphatic rings. The van der Waals surface area contributed by atoms with Crippen LogP contribution in [-0.4, -0.2) is 32.0 Å². The van der Waals surface area contributed by atoms with Crippen molar-refractivity contribution in [1.29, 1.82) is 0 Å². The Bertz CT molecular complexity index is 316. The van der Waals surface area contributed by atoms with Crippen molar-refractivity contribution in [3.8, 4) is 0 Å². The molecule has 0 unspecified atom stereocenters. The number of ether oxygens (including phenoxy) is 2. The van der Waals surface area contributed by atoms with Gasteiger partial charge in [0.05, 0.1) is 13.2 Å². The smallest absolute Gasteiger partial charge is 0.243 e. The molecule has 20 heavy (non-hydrogen) atoms. The van der Waals surface area contributed by atoms with Gasteiger partial charge in [0.25, 0.3) is 0 Å². The van der Waals surface area contributed by atoms with Gasteiger partial charge >= 0.3 is 0 Å². The molecule has 1 heterocycles. The average molecular weight is 281 g/mol. The molecule has 1 aliphatic heterocycles. The van der Waals surface area contributed by atoms with Crippen molar-refractivity contribution < 1.29 is 14.3 Å². The Kier molecular flexibility index (Phi) is 6.05. The van der Waals surface area contributed by atoms with Crippen LogP contribution >= 0.6 is 0 Å². The fourth-order valence-electron chi connectivity index (χ4n) is 3.47. The Balaban J connectivity index is 1.88. The summed E-state index contributed by atoms with van der Waals surface area (Å²) >= 11 is 0. The summed E-state index contributed by atoms with van der Waals surface area (Å²) in [5.74, 6) is -0.0896. The van der Waals surface area contributed by atoms with Gasteiger partial charge in [-0.25, -0.2) is 0 Å². The fourth-order valence-corrected chi connectivity index (χ4v) is 3.47. The maximum absolute atomic E-state index is 11.2. The molecule has 114 valence electrons. The molecule has 1 saturated heterocycles. The minimum Gasteiger partial charge on any atom is -0.353 e. The lowest BCUT2D eigenvalue weighted by Crippen LogP contribution is -2.37. The highest BCUT2D eigenvalue weighted by atomic mass is 16.7. The molecule has 1 amide bonds. The lowest BCUT2D eigenvalue weighted by Gasteiger charge is -2.37. The Morgan fingerprint density at radius 2 is 1.85 bits per heavy atom. The third kappa shape index (κ3) is 4.06. The van der Waals surface area contributed by atoms with Gasteiger partial charge in [-0.05, 0) is 31.8 Å². The summed E-state index contributed by atoms with van der Waals surface area (Å²) in [6, 6.07) is 0. The van der Waals surface area contributed by atoms with E-state index in [0.29, 0.717) is 6.54 Å². The average Bonchev–Trinajstić information content (AvgIpc) is 2.91. The standard InChI is InChI=1S/C16H27NO3/c1-2-14(18)17-11-7-10-16(15-19-12-13-20-15)8-5-3-4-6-9-16/h2,15H,1,3-13H2,(H,17,18). The zero-order valence-corrected chi connectivity index (χ0v) is 12.4. The van der Waals surface area contributed by atoms with Crippen molar-refractivity contribution in [1.82, 2.24) is 5.32 Å². The normalized spacial score (nSPS) is 23.2. The van der Waals surface area contributed by atoms with Gasteiger partial charge in [0.1, 0.15) is 0 Å². The molecular formula is C16H27NO3. The third-order valence-corrected chi connectivity index (χ3v) is 4.56. The third-order valence-electron chi connectivity index (χ3n) is 4.56. The van der Waals surface area contributed by atoms with Gasteiger partial charge in [0.2, 0.25) is 5.91 Å². The second kappa shape index (κ2) is 7.79. The van der Waals surface area contributed by atoms with Crippen LogP contribution in [-0.2, 0) is 14.3 Å². The first-order chi connectivity index (χ1) is 9.77. The van der Waals surface area contributed by atoms with Gasteiger partial charge in [-0.3, -0.25) is 4.79 Å². The molecule has 1 saturated carbocycles.